The van der Waals surface area contributed by atoms with E-state index in [0.717, 1.165) is 65.8 Å². The molecule has 1 aliphatic heterocycles. The summed E-state index contributed by atoms with van der Waals surface area (Å²) in [5.41, 5.74) is 3.27. The highest BCUT2D eigenvalue weighted by molar-refractivity contribution is 7.89. The molecule has 2 heterocycles. The number of aryl methyl sites for hydroxylation is 2. The molecule has 1 saturated carbocycles. The lowest BCUT2D eigenvalue weighted by Gasteiger charge is -2.34. The molecule has 1 saturated heterocycles. The summed E-state index contributed by atoms with van der Waals surface area (Å²) >= 11 is 0. The van der Waals surface area contributed by atoms with Crippen molar-refractivity contribution >= 4 is 26.7 Å². The second-order valence-electron chi connectivity index (χ2n) is 10.1. The normalized spacial score (nSPS) is 21.3. The van der Waals surface area contributed by atoms with E-state index in [2.05, 4.69) is 15.7 Å². The minimum atomic E-state index is -3.66. The fraction of sp³-hybridized carbons (Fsp3) is 0.407. The zero-order valence-corrected chi connectivity index (χ0v) is 20.9. The van der Waals surface area contributed by atoms with Gasteiger partial charge in [-0.05, 0) is 80.0 Å². The van der Waals surface area contributed by atoms with Gasteiger partial charge < -0.3 is 10.0 Å². The fourth-order valence-corrected chi connectivity index (χ4v) is 6.55. The smallest absolute Gasteiger partial charge is 0.240 e. The molecule has 0 radical (unpaired) electrons. The topological polar surface area (TPSA) is 106 Å². The Bertz CT molecular complexity index is 1440. The Hall–Kier alpha value is -2.99. The van der Waals surface area contributed by atoms with E-state index in [0.29, 0.717) is 0 Å². The van der Waals surface area contributed by atoms with Crippen molar-refractivity contribution in [2.24, 2.45) is 10.8 Å². The molecule has 1 unspecified atom stereocenters. The number of hydrogen-bond acceptors (Lipinski definition) is 6. The van der Waals surface area contributed by atoms with Gasteiger partial charge in [0.2, 0.25) is 10.0 Å². The number of fused-ring (bicyclic) bond motifs is 1. The maximum Gasteiger partial charge on any atom is 0.240 e. The molecule has 7 nitrogen and oxygen atoms in total. The first-order valence-electron chi connectivity index (χ1n) is 11.9. The third-order valence-corrected chi connectivity index (χ3v) is 9.36. The van der Waals surface area contributed by atoms with Gasteiger partial charge in [0, 0.05) is 25.0 Å². The number of rotatable bonds is 6. The number of benzene rings is 2. The Morgan fingerprint density at radius 2 is 1.89 bits per heavy atom. The van der Waals surface area contributed by atoms with E-state index in [1.165, 1.54) is 0 Å². The van der Waals surface area contributed by atoms with Crippen LogP contribution >= 0.6 is 0 Å². The molecule has 2 N–H and O–H groups in total. The minimum Gasteiger partial charge on any atom is -0.395 e. The van der Waals surface area contributed by atoms with E-state index in [9.17, 15) is 18.8 Å². The Morgan fingerprint density at radius 3 is 2.54 bits per heavy atom. The van der Waals surface area contributed by atoms with Gasteiger partial charge in [0.05, 0.1) is 28.5 Å². The van der Waals surface area contributed by atoms with Crippen LogP contribution in [0.2, 0.25) is 0 Å². The zero-order chi connectivity index (χ0) is 24.8. The van der Waals surface area contributed by atoms with Crippen LogP contribution in [0.4, 0.5) is 5.82 Å². The van der Waals surface area contributed by atoms with Crippen LogP contribution < -0.4 is 9.62 Å². The van der Waals surface area contributed by atoms with Gasteiger partial charge in [-0.1, -0.05) is 23.8 Å². The van der Waals surface area contributed by atoms with Gasteiger partial charge in [0.15, 0.2) is 0 Å². The van der Waals surface area contributed by atoms with Crippen molar-refractivity contribution in [3.8, 4) is 6.07 Å². The van der Waals surface area contributed by atoms with E-state index < -0.39 is 15.4 Å². The van der Waals surface area contributed by atoms with Gasteiger partial charge in [-0.3, -0.25) is 0 Å². The summed E-state index contributed by atoms with van der Waals surface area (Å²) in [6, 6.07) is 17.2. The molecular formula is C27H30N4O3S. The summed E-state index contributed by atoms with van der Waals surface area (Å²) in [4.78, 5) is 7.20. The predicted molar refractivity (Wildman–Crippen MR) is 135 cm³/mol. The molecule has 8 heteroatoms. The number of nitrogens with one attached hydrogen (secondary N) is 1. The summed E-state index contributed by atoms with van der Waals surface area (Å²) in [5.74, 6) is 0.850. The number of nitrogens with zero attached hydrogens (tertiary/aromatic N) is 3. The molecule has 2 aliphatic rings. The summed E-state index contributed by atoms with van der Waals surface area (Å²) in [6.07, 6.45) is 2.51. The van der Waals surface area contributed by atoms with Crippen LogP contribution in [0.15, 0.2) is 53.4 Å². The van der Waals surface area contributed by atoms with Crippen LogP contribution in [0.25, 0.3) is 10.9 Å². The first-order valence-corrected chi connectivity index (χ1v) is 13.4. The molecular weight excluding hydrogens is 460 g/mol. The molecule has 2 aromatic carbocycles. The number of anilines is 1. The first kappa shape index (κ1) is 23.7. The molecule has 1 aromatic heterocycles. The van der Waals surface area contributed by atoms with E-state index in [-0.39, 0.29) is 23.5 Å². The van der Waals surface area contributed by atoms with E-state index in [1.54, 1.807) is 18.2 Å². The highest BCUT2D eigenvalue weighted by Gasteiger charge is 2.67. The average Bonchev–Trinajstić information content (AvgIpc) is 3.49. The number of pyridine rings is 1. The van der Waals surface area contributed by atoms with Crippen LogP contribution in [0.1, 0.15) is 36.0 Å². The number of aliphatic hydroxyl groups is 1. The van der Waals surface area contributed by atoms with Crippen LogP contribution in [-0.4, -0.2) is 38.2 Å². The zero-order valence-electron chi connectivity index (χ0n) is 20.1. The molecule has 1 atom stereocenters. The second kappa shape index (κ2) is 8.59. The van der Waals surface area contributed by atoms with Crippen molar-refractivity contribution in [2.75, 3.05) is 24.6 Å². The van der Waals surface area contributed by atoms with Crippen molar-refractivity contribution in [3.63, 3.8) is 0 Å². The van der Waals surface area contributed by atoms with Gasteiger partial charge in [-0.15, -0.1) is 0 Å². The van der Waals surface area contributed by atoms with Gasteiger partial charge in [0.1, 0.15) is 5.82 Å². The molecule has 35 heavy (non-hydrogen) atoms. The minimum absolute atomic E-state index is 0.0583. The third-order valence-electron chi connectivity index (χ3n) is 7.97. The monoisotopic (exact) mass is 490 g/mol. The van der Waals surface area contributed by atoms with Crippen molar-refractivity contribution in [1.29, 1.82) is 5.26 Å². The highest BCUT2D eigenvalue weighted by atomic mass is 32.2. The maximum atomic E-state index is 12.9. The Labute approximate surface area is 206 Å². The summed E-state index contributed by atoms with van der Waals surface area (Å²) < 4.78 is 28.6. The molecule has 2 fully saturated rings. The van der Waals surface area contributed by atoms with Crippen LogP contribution in [0, 0.1) is 36.0 Å². The molecule has 3 aromatic rings. The lowest BCUT2D eigenvalue weighted by molar-refractivity contribution is 0.193. The van der Waals surface area contributed by atoms with E-state index in [1.807, 2.05) is 44.2 Å². The SMILES string of the molecule is Cc1ccc(CNS(=O)(=O)c2ccc3nc(N4CCC5(CC4)CC5(C#N)CO)ccc3c2)c(C)c1. The van der Waals surface area contributed by atoms with Crippen LogP contribution in [-0.2, 0) is 16.6 Å². The molecule has 1 aliphatic carbocycles. The fourth-order valence-electron chi connectivity index (χ4n) is 5.51. The third kappa shape index (κ3) is 4.18. The summed E-state index contributed by atoms with van der Waals surface area (Å²) in [5, 5.41) is 19.9. The Kier molecular flexibility index (Phi) is 5.83. The lowest BCUT2D eigenvalue weighted by atomic mass is 9.85. The summed E-state index contributed by atoms with van der Waals surface area (Å²) in [6.45, 7) is 5.75. The molecule has 0 amide bonds. The molecule has 182 valence electrons. The maximum absolute atomic E-state index is 12.9. The molecule has 0 bridgehead atoms. The van der Waals surface area contributed by atoms with Gasteiger partial charge in [-0.25, -0.2) is 18.1 Å². The first-order chi connectivity index (χ1) is 16.7. The largest absolute Gasteiger partial charge is 0.395 e. The Morgan fingerprint density at radius 1 is 1.11 bits per heavy atom. The van der Waals surface area contributed by atoms with E-state index >= 15 is 0 Å². The quantitative estimate of drug-likeness (QED) is 0.544. The van der Waals surface area contributed by atoms with E-state index in [4.69, 9.17) is 4.98 Å². The van der Waals surface area contributed by atoms with Gasteiger partial charge in [0.25, 0.3) is 0 Å². The number of nitriles is 1. The Balaban J connectivity index is 1.29. The van der Waals surface area contributed by atoms with Crippen LogP contribution in [0.3, 0.4) is 0 Å². The standard InChI is InChI=1S/C27H30N4O3S/c1-19-3-4-22(20(2)13-19)15-29-35(33,34)23-6-7-24-21(14-23)5-8-25(30-24)31-11-9-26(10-12-31)16-27(26,17-28)18-32/h3-8,13-14,29,32H,9-12,15-16,18H2,1-2H3. The second-order valence-corrected chi connectivity index (χ2v) is 11.8. The van der Waals surface area contributed by atoms with Crippen molar-refractivity contribution in [2.45, 2.75) is 44.6 Å². The number of aromatic nitrogens is 1. The molecule has 1 spiro atoms. The van der Waals surface area contributed by atoms with Crippen molar-refractivity contribution in [1.82, 2.24) is 9.71 Å². The number of sulfonamides is 1. The predicted octanol–water partition coefficient (Wildman–Crippen LogP) is 3.82. The number of hydrogen-bond donors (Lipinski definition) is 2. The summed E-state index contributed by atoms with van der Waals surface area (Å²) in [7, 11) is -3.66. The number of piperidine rings is 1. The van der Waals surface area contributed by atoms with Crippen LogP contribution in [0.5, 0.6) is 0 Å². The van der Waals surface area contributed by atoms with Gasteiger partial charge >= 0.3 is 0 Å². The average molecular weight is 491 g/mol. The number of aliphatic hydroxyl groups excluding tert-OH is 1. The molecule has 5 rings (SSSR count). The van der Waals surface area contributed by atoms with Gasteiger partial charge in [-0.2, -0.15) is 5.26 Å². The lowest BCUT2D eigenvalue weighted by Crippen LogP contribution is -2.37. The highest BCUT2D eigenvalue weighted by Crippen LogP contribution is 2.68. The van der Waals surface area contributed by atoms with Crippen molar-refractivity contribution in [3.05, 3.63) is 65.2 Å². The van der Waals surface area contributed by atoms with Crippen molar-refractivity contribution < 1.29 is 13.5 Å².